The minimum Gasteiger partial charge on any atom is -0.392 e. The summed E-state index contributed by atoms with van der Waals surface area (Å²) in [7, 11) is -1.80. The Labute approximate surface area is 111 Å². The van der Waals surface area contributed by atoms with Crippen LogP contribution in [-0.2, 0) is 29.4 Å². The Morgan fingerprint density at radius 3 is 2.68 bits per heavy atom. The molecule has 0 atom stereocenters. The molecule has 2 rings (SSSR count). The SMILES string of the molecule is Cn1ccc(NS(=O)(=O)Cc2cccc(CO)c2)n1. The number of hydrogen-bond acceptors (Lipinski definition) is 4. The lowest BCUT2D eigenvalue weighted by Crippen LogP contribution is -2.15. The summed E-state index contributed by atoms with van der Waals surface area (Å²) in [5.41, 5.74) is 1.31. The van der Waals surface area contributed by atoms with Gasteiger partial charge in [-0.15, -0.1) is 0 Å². The van der Waals surface area contributed by atoms with Gasteiger partial charge < -0.3 is 5.11 Å². The average Bonchev–Trinajstić information content (AvgIpc) is 2.73. The molecule has 0 aliphatic rings. The third-order valence-electron chi connectivity index (χ3n) is 2.50. The highest BCUT2D eigenvalue weighted by molar-refractivity contribution is 7.91. The van der Waals surface area contributed by atoms with Crippen molar-refractivity contribution >= 4 is 15.8 Å². The fourth-order valence-electron chi connectivity index (χ4n) is 1.70. The fourth-order valence-corrected chi connectivity index (χ4v) is 2.82. The molecule has 2 N–H and O–H groups in total. The highest BCUT2D eigenvalue weighted by atomic mass is 32.2. The van der Waals surface area contributed by atoms with Gasteiger partial charge in [-0.05, 0) is 11.1 Å². The van der Waals surface area contributed by atoms with Gasteiger partial charge in [-0.2, -0.15) is 5.10 Å². The molecule has 102 valence electrons. The number of nitrogens with one attached hydrogen (secondary N) is 1. The predicted molar refractivity (Wildman–Crippen MR) is 71.8 cm³/mol. The van der Waals surface area contributed by atoms with Crippen LogP contribution in [0.1, 0.15) is 11.1 Å². The summed E-state index contributed by atoms with van der Waals surface area (Å²) < 4.78 is 27.8. The molecule has 0 saturated heterocycles. The van der Waals surface area contributed by atoms with Crippen molar-refractivity contribution in [1.29, 1.82) is 0 Å². The monoisotopic (exact) mass is 281 g/mol. The van der Waals surface area contributed by atoms with E-state index in [0.717, 1.165) is 0 Å². The van der Waals surface area contributed by atoms with Gasteiger partial charge in [-0.3, -0.25) is 9.40 Å². The Bertz CT molecular complexity index is 664. The Morgan fingerprint density at radius 2 is 2.05 bits per heavy atom. The number of aryl methyl sites for hydroxylation is 1. The van der Waals surface area contributed by atoms with Crippen LogP contribution in [0.15, 0.2) is 36.5 Å². The molecule has 0 fully saturated rings. The molecule has 0 unspecified atom stereocenters. The van der Waals surface area contributed by atoms with Gasteiger partial charge in [0.25, 0.3) is 0 Å². The molecule has 19 heavy (non-hydrogen) atoms. The van der Waals surface area contributed by atoms with Crippen molar-refractivity contribution < 1.29 is 13.5 Å². The van der Waals surface area contributed by atoms with E-state index in [4.69, 9.17) is 5.11 Å². The first-order chi connectivity index (χ1) is 8.98. The molecule has 1 aromatic carbocycles. The molecule has 0 aliphatic carbocycles. The van der Waals surface area contributed by atoms with Crippen molar-refractivity contribution in [3.8, 4) is 0 Å². The van der Waals surface area contributed by atoms with Crippen LogP contribution in [0.25, 0.3) is 0 Å². The number of benzene rings is 1. The van der Waals surface area contributed by atoms with Crippen molar-refractivity contribution in [2.45, 2.75) is 12.4 Å². The van der Waals surface area contributed by atoms with E-state index in [9.17, 15) is 8.42 Å². The smallest absolute Gasteiger partial charge is 0.238 e. The molecule has 0 amide bonds. The Kier molecular flexibility index (Phi) is 3.87. The second-order valence-corrected chi connectivity index (χ2v) is 5.94. The number of aromatic nitrogens is 2. The largest absolute Gasteiger partial charge is 0.392 e. The summed E-state index contributed by atoms with van der Waals surface area (Å²) in [6, 6.07) is 8.41. The first kappa shape index (κ1) is 13.6. The number of sulfonamides is 1. The number of rotatable bonds is 5. The van der Waals surface area contributed by atoms with Gasteiger partial charge in [-0.1, -0.05) is 24.3 Å². The van der Waals surface area contributed by atoms with Gasteiger partial charge in [-0.25, -0.2) is 8.42 Å². The Morgan fingerprint density at radius 1 is 1.32 bits per heavy atom. The van der Waals surface area contributed by atoms with E-state index in [1.54, 1.807) is 43.6 Å². The molecule has 2 aromatic rings. The van der Waals surface area contributed by atoms with E-state index in [1.165, 1.54) is 4.68 Å². The first-order valence-corrected chi connectivity index (χ1v) is 7.32. The predicted octanol–water partition coefficient (Wildman–Crippen LogP) is 0.854. The number of anilines is 1. The zero-order valence-corrected chi connectivity index (χ0v) is 11.3. The van der Waals surface area contributed by atoms with Crippen LogP contribution in [0.5, 0.6) is 0 Å². The van der Waals surface area contributed by atoms with E-state index >= 15 is 0 Å². The second-order valence-electron chi connectivity index (χ2n) is 4.21. The normalized spacial score (nSPS) is 11.5. The van der Waals surface area contributed by atoms with Crippen molar-refractivity contribution in [3.63, 3.8) is 0 Å². The van der Waals surface area contributed by atoms with Crippen LogP contribution >= 0.6 is 0 Å². The fraction of sp³-hybridized carbons (Fsp3) is 0.250. The summed E-state index contributed by atoms with van der Waals surface area (Å²) in [5, 5.41) is 13.0. The highest BCUT2D eigenvalue weighted by Crippen LogP contribution is 2.12. The van der Waals surface area contributed by atoms with Gasteiger partial charge in [0.05, 0.1) is 12.4 Å². The molecule has 6 nitrogen and oxygen atoms in total. The zero-order valence-electron chi connectivity index (χ0n) is 10.4. The van der Waals surface area contributed by atoms with Gasteiger partial charge in [0.15, 0.2) is 5.82 Å². The van der Waals surface area contributed by atoms with Crippen molar-refractivity contribution in [3.05, 3.63) is 47.7 Å². The topological polar surface area (TPSA) is 84.2 Å². The molecular formula is C12H15N3O3S. The maximum atomic E-state index is 12.0. The summed E-state index contributed by atoms with van der Waals surface area (Å²) in [4.78, 5) is 0. The molecule has 0 spiro atoms. The lowest BCUT2D eigenvalue weighted by Gasteiger charge is -2.06. The van der Waals surface area contributed by atoms with Crippen molar-refractivity contribution in [1.82, 2.24) is 9.78 Å². The minimum absolute atomic E-state index is 0.110. The lowest BCUT2D eigenvalue weighted by molar-refractivity contribution is 0.282. The number of hydrogen-bond donors (Lipinski definition) is 2. The maximum Gasteiger partial charge on any atom is 0.238 e. The second kappa shape index (κ2) is 5.41. The molecular weight excluding hydrogens is 266 g/mol. The van der Waals surface area contributed by atoms with Crippen LogP contribution in [0.3, 0.4) is 0 Å². The van der Waals surface area contributed by atoms with Gasteiger partial charge in [0.2, 0.25) is 10.0 Å². The lowest BCUT2D eigenvalue weighted by atomic mass is 10.1. The summed E-state index contributed by atoms with van der Waals surface area (Å²) >= 11 is 0. The standard InChI is InChI=1S/C12H15N3O3S/c1-15-6-5-12(13-15)14-19(17,18)9-11-4-2-3-10(7-11)8-16/h2-7,16H,8-9H2,1H3,(H,13,14). The molecule has 0 bridgehead atoms. The minimum atomic E-state index is -3.51. The Balaban J connectivity index is 2.12. The van der Waals surface area contributed by atoms with Gasteiger partial charge in [0.1, 0.15) is 0 Å². The molecule has 1 aromatic heterocycles. The maximum absolute atomic E-state index is 12.0. The summed E-state index contributed by atoms with van der Waals surface area (Å²) in [6.45, 7) is -0.110. The van der Waals surface area contributed by atoms with Crippen molar-refractivity contribution in [2.75, 3.05) is 4.72 Å². The van der Waals surface area contributed by atoms with E-state index in [1.807, 2.05) is 0 Å². The van der Waals surface area contributed by atoms with E-state index in [0.29, 0.717) is 16.9 Å². The van der Waals surface area contributed by atoms with E-state index < -0.39 is 10.0 Å². The van der Waals surface area contributed by atoms with Crippen LogP contribution < -0.4 is 4.72 Å². The van der Waals surface area contributed by atoms with E-state index in [-0.39, 0.29) is 12.4 Å². The van der Waals surface area contributed by atoms with Crippen molar-refractivity contribution in [2.24, 2.45) is 7.05 Å². The van der Waals surface area contributed by atoms with Crippen LogP contribution in [0, 0.1) is 0 Å². The Hall–Kier alpha value is -1.86. The van der Waals surface area contributed by atoms with Gasteiger partial charge in [0, 0.05) is 19.3 Å². The molecule has 0 aliphatic heterocycles. The molecule has 0 radical (unpaired) electrons. The number of nitrogens with zero attached hydrogens (tertiary/aromatic N) is 2. The summed E-state index contributed by atoms with van der Waals surface area (Å²) in [5.74, 6) is 0.137. The molecule has 1 heterocycles. The van der Waals surface area contributed by atoms with Crippen LogP contribution in [-0.4, -0.2) is 23.3 Å². The summed E-state index contributed by atoms with van der Waals surface area (Å²) in [6.07, 6.45) is 1.66. The van der Waals surface area contributed by atoms with E-state index in [2.05, 4.69) is 9.82 Å². The third-order valence-corrected chi connectivity index (χ3v) is 3.74. The molecule has 7 heteroatoms. The highest BCUT2D eigenvalue weighted by Gasteiger charge is 2.13. The first-order valence-electron chi connectivity index (χ1n) is 5.67. The zero-order chi connectivity index (χ0) is 13.9. The van der Waals surface area contributed by atoms with Crippen LogP contribution in [0.4, 0.5) is 5.82 Å². The number of aliphatic hydroxyl groups excluding tert-OH is 1. The third kappa shape index (κ3) is 3.80. The quantitative estimate of drug-likeness (QED) is 0.851. The number of aliphatic hydroxyl groups is 1. The average molecular weight is 281 g/mol. The van der Waals surface area contributed by atoms with Gasteiger partial charge >= 0.3 is 0 Å². The van der Waals surface area contributed by atoms with Crippen LogP contribution in [0.2, 0.25) is 0 Å². The molecule has 0 saturated carbocycles.